The Kier molecular flexibility index (Phi) is 9.27. The van der Waals surface area contributed by atoms with Gasteiger partial charge < -0.3 is 24.0 Å². The minimum atomic E-state index is -0.572. The largest absolute Gasteiger partial charge is 0.444 e. The van der Waals surface area contributed by atoms with E-state index in [4.69, 9.17) is 19.2 Å². The molecule has 4 rings (SSSR count). The molecule has 1 unspecified atom stereocenters. The summed E-state index contributed by atoms with van der Waals surface area (Å²) < 4.78 is 18.5. The number of amides is 2. The van der Waals surface area contributed by atoms with Crippen LogP contribution in [0.2, 0.25) is 0 Å². The van der Waals surface area contributed by atoms with Crippen LogP contribution in [0.15, 0.2) is 24.4 Å². The topological polar surface area (TPSA) is 85.6 Å². The van der Waals surface area contributed by atoms with E-state index in [1.165, 1.54) is 11.3 Å². The maximum absolute atomic E-state index is 13.0. The highest BCUT2D eigenvalue weighted by molar-refractivity contribution is 7.18. The fraction of sp³-hybridized carbons (Fsp3) is 0.607. The molecule has 0 saturated carbocycles. The summed E-state index contributed by atoms with van der Waals surface area (Å²) in [5, 5.41) is 0. The fourth-order valence-electron chi connectivity index (χ4n) is 4.59. The van der Waals surface area contributed by atoms with Crippen LogP contribution < -0.4 is 0 Å². The Labute approximate surface area is 228 Å². The molecule has 2 amide bonds. The molecule has 0 aliphatic carbocycles. The van der Waals surface area contributed by atoms with Crippen LogP contribution >= 0.6 is 11.3 Å². The van der Waals surface area contributed by atoms with Crippen molar-refractivity contribution < 1.29 is 23.8 Å². The number of thiazole rings is 1. The van der Waals surface area contributed by atoms with Crippen molar-refractivity contribution in [2.45, 2.75) is 71.1 Å². The Morgan fingerprint density at radius 1 is 1.24 bits per heavy atom. The number of fused-ring (bicyclic) bond motifs is 3. The third kappa shape index (κ3) is 7.24. The molecule has 1 atom stereocenters. The summed E-state index contributed by atoms with van der Waals surface area (Å²) >= 11 is 1.39. The molecule has 208 valence electrons. The lowest BCUT2D eigenvalue weighted by Gasteiger charge is -2.28. The molecule has 0 spiro atoms. The maximum atomic E-state index is 13.0. The van der Waals surface area contributed by atoms with Gasteiger partial charge in [0.15, 0.2) is 4.96 Å². The number of nitrogens with zero attached hydrogens (tertiary/aromatic N) is 4. The molecule has 3 heterocycles. The molecule has 0 N–H and O–H groups in total. The van der Waals surface area contributed by atoms with Crippen molar-refractivity contribution in [2.75, 3.05) is 40.5 Å². The number of benzene rings is 1. The molecule has 1 aliphatic rings. The second-order valence-corrected chi connectivity index (χ2v) is 11.9. The van der Waals surface area contributed by atoms with Gasteiger partial charge >= 0.3 is 6.09 Å². The third-order valence-electron chi connectivity index (χ3n) is 6.59. The molecule has 0 bridgehead atoms. The number of aromatic nitrogens is 2. The first kappa shape index (κ1) is 28.3. The van der Waals surface area contributed by atoms with Gasteiger partial charge in [0, 0.05) is 53.2 Å². The van der Waals surface area contributed by atoms with E-state index in [9.17, 15) is 9.59 Å². The number of rotatable bonds is 11. The van der Waals surface area contributed by atoms with E-state index >= 15 is 0 Å². The van der Waals surface area contributed by atoms with Crippen LogP contribution in [0.25, 0.3) is 16.0 Å². The minimum Gasteiger partial charge on any atom is -0.444 e. The number of carbonyl (C=O) groups is 2. The molecule has 9 nitrogen and oxygen atoms in total. The van der Waals surface area contributed by atoms with E-state index < -0.39 is 5.60 Å². The summed E-state index contributed by atoms with van der Waals surface area (Å²) in [5.41, 5.74) is 2.18. The van der Waals surface area contributed by atoms with E-state index in [-0.39, 0.29) is 18.1 Å². The first-order valence-electron chi connectivity index (χ1n) is 13.4. The monoisotopic (exact) mass is 544 g/mol. The molecule has 1 fully saturated rings. The summed E-state index contributed by atoms with van der Waals surface area (Å²) in [6.07, 6.45) is 6.44. The molecule has 10 heteroatoms. The molecule has 2 aromatic heterocycles. The van der Waals surface area contributed by atoms with Crippen LogP contribution in [0.5, 0.6) is 0 Å². The zero-order valence-corrected chi connectivity index (χ0v) is 24.0. The van der Waals surface area contributed by atoms with Crippen molar-refractivity contribution in [1.82, 2.24) is 19.2 Å². The Balaban J connectivity index is 1.51. The highest BCUT2D eigenvalue weighted by Gasteiger charge is 2.25. The minimum absolute atomic E-state index is 0.00699. The standard InChI is InChI=1S/C28H40N4O5S/c1-28(2,3)37-27(34)31(14-12-21-9-8-16-36-21)18-20-10-11-22-23(17-20)32-19-24(38-26(32)29-22)25(33)30(4)13-6-7-15-35-5/h10-11,17,19,21H,6-9,12-16,18H2,1-5H3. The quantitative estimate of drug-likeness (QED) is 0.303. The predicted octanol–water partition coefficient (Wildman–Crippen LogP) is 5.35. The Morgan fingerprint density at radius 2 is 2.05 bits per heavy atom. The van der Waals surface area contributed by atoms with E-state index in [2.05, 4.69) is 0 Å². The summed E-state index contributed by atoms with van der Waals surface area (Å²) in [6, 6.07) is 6.03. The van der Waals surface area contributed by atoms with Gasteiger partial charge in [0.2, 0.25) is 0 Å². The lowest BCUT2D eigenvalue weighted by atomic mass is 10.1. The summed E-state index contributed by atoms with van der Waals surface area (Å²) in [5.74, 6) is -0.00699. The number of hydrogen-bond donors (Lipinski definition) is 0. The molecular formula is C28H40N4O5S. The van der Waals surface area contributed by atoms with Gasteiger partial charge in [-0.25, -0.2) is 9.78 Å². The van der Waals surface area contributed by atoms with E-state index in [1.54, 1.807) is 16.9 Å². The molecule has 0 radical (unpaired) electrons. The zero-order chi connectivity index (χ0) is 27.3. The first-order chi connectivity index (χ1) is 18.1. The lowest BCUT2D eigenvalue weighted by molar-refractivity contribution is 0.0190. The molecule has 1 aliphatic heterocycles. The lowest BCUT2D eigenvalue weighted by Crippen LogP contribution is -2.38. The summed E-state index contributed by atoms with van der Waals surface area (Å²) in [4.78, 5) is 35.7. The Hall–Kier alpha value is -2.69. The predicted molar refractivity (Wildman–Crippen MR) is 149 cm³/mol. The average molecular weight is 545 g/mol. The van der Waals surface area contributed by atoms with Crippen molar-refractivity contribution in [3.8, 4) is 0 Å². The molecule has 38 heavy (non-hydrogen) atoms. The highest BCUT2D eigenvalue weighted by Crippen LogP contribution is 2.26. The summed E-state index contributed by atoms with van der Waals surface area (Å²) in [7, 11) is 3.52. The number of imidazole rings is 1. The second kappa shape index (κ2) is 12.4. The Morgan fingerprint density at radius 3 is 2.76 bits per heavy atom. The van der Waals surface area contributed by atoms with Gasteiger partial charge in [0.05, 0.1) is 17.1 Å². The summed E-state index contributed by atoms with van der Waals surface area (Å²) in [6.45, 7) is 8.79. The average Bonchev–Trinajstić information content (AvgIpc) is 3.59. The van der Waals surface area contributed by atoms with Crippen molar-refractivity contribution in [3.05, 3.63) is 34.8 Å². The fourth-order valence-corrected chi connectivity index (χ4v) is 5.58. The second-order valence-electron chi connectivity index (χ2n) is 10.9. The third-order valence-corrected chi connectivity index (χ3v) is 7.56. The van der Waals surface area contributed by atoms with Gasteiger partial charge in [-0.3, -0.25) is 9.20 Å². The molecule has 1 saturated heterocycles. The van der Waals surface area contributed by atoms with Gasteiger partial charge in [-0.15, -0.1) is 0 Å². The number of unbranched alkanes of at least 4 members (excludes halogenated alkanes) is 1. The van der Waals surface area contributed by atoms with Crippen molar-refractivity contribution in [2.24, 2.45) is 0 Å². The van der Waals surface area contributed by atoms with Crippen LogP contribution in [-0.2, 0) is 20.8 Å². The highest BCUT2D eigenvalue weighted by atomic mass is 32.1. The van der Waals surface area contributed by atoms with Gasteiger partial charge in [-0.1, -0.05) is 17.4 Å². The van der Waals surface area contributed by atoms with Gasteiger partial charge in [-0.05, 0) is 70.6 Å². The van der Waals surface area contributed by atoms with E-state index in [0.29, 0.717) is 31.1 Å². The van der Waals surface area contributed by atoms with Gasteiger partial charge in [-0.2, -0.15) is 0 Å². The van der Waals surface area contributed by atoms with Crippen molar-refractivity contribution >= 4 is 39.3 Å². The van der Waals surface area contributed by atoms with Crippen LogP contribution in [0.4, 0.5) is 4.79 Å². The first-order valence-corrected chi connectivity index (χ1v) is 14.2. The zero-order valence-electron chi connectivity index (χ0n) is 23.2. The normalized spacial score (nSPS) is 15.9. The van der Waals surface area contributed by atoms with E-state index in [1.807, 2.05) is 56.6 Å². The number of ether oxygens (including phenoxy) is 3. The van der Waals surface area contributed by atoms with Crippen LogP contribution in [0.3, 0.4) is 0 Å². The number of hydrogen-bond acceptors (Lipinski definition) is 7. The Bertz CT molecular complexity index is 1240. The van der Waals surface area contributed by atoms with Crippen LogP contribution in [-0.4, -0.2) is 83.4 Å². The van der Waals surface area contributed by atoms with Crippen LogP contribution in [0.1, 0.15) is 68.1 Å². The molecule has 1 aromatic carbocycles. The smallest absolute Gasteiger partial charge is 0.410 e. The van der Waals surface area contributed by atoms with Gasteiger partial charge in [0.1, 0.15) is 10.5 Å². The van der Waals surface area contributed by atoms with Gasteiger partial charge in [0.25, 0.3) is 5.91 Å². The molecular weight excluding hydrogens is 504 g/mol. The number of methoxy groups -OCH3 is 1. The number of carbonyl (C=O) groups excluding carboxylic acids is 2. The van der Waals surface area contributed by atoms with Crippen molar-refractivity contribution in [1.29, 1.82) is 0 Å². The maximum Gasteiger partial charge on any atom is 0.410 e. The van der Waals surface area contributed by atoms with Crippen LogP contribution in [0, 0.1) is 0 Å². The molecule has 3 aromatic rings. The van der Waals surface area contributed by atoms with Crippen molar-refractivity contribution in [3.63, 3.8) is 0 Å². The SMILES string of the molecule is COCCCCN(C)C(=O)c1cn2c(nc3ccc(CN(CCC4CCCO4)C(=O)OC(C)(C)C)cc32)s1. The van der Waals surface area contributed by atoms with E-state index in [0.717, 1.165) is 60.3 Å².